The van der Waals surface area contributed by atoms with E-state index in [4.69, 9.17) is 14.3 Å². The highest BCUT2D eigenvalue weighted by molar-refractivity contribution is 6.32. The molecule has 0 spiro atoms. The summed E-state index contributed by atoms with van der Waals surface area (Å²) in [5.74, 6) is -1.06. The second-order valence-corrected chi connectivity index (χ2v) is 6.34. The molecule has 0 saturated carbocycles. The van der Waals surface area contributed by atoms with Gasteiger partial charge < -0.3 is 14.3 Å². The molecule has 0 aliphatic carbocycles. The van der Waals surface area contributed by atoms with Gasteiger partial charge in [-0.25, -0.2) is 4.90 Å². The molecule has 10 nitrogen and oxygen atoms in total. The predicted octanol–water partition coefficient (Wildman–Crippen LogP) is 1.90. The normalized spacial score (nSPS) is 20.2. The molecule has 2 aromatic rings. The summed E-state index contributed by atoms with van der Waals surface area (Å²) in [6.07, 6.45) is -1.08. The van der Waals surface area contributed by atoms with Crippen LogP contribution < -0.4 is 14.4 Å². The van der Waals surface area contributed by atoms with Crippen LogP contribution in [0.3, 0.4) is 0 Å². The number of ether oxygens (including phenoxy) is 2. The molecule has 1 fully saturated rings. The van der Waals surface area contributed by atoms with E-state index in [0.29, 0.717) is 22.8 Å². The maximum atomic E-state index is 13.0. The van der Waals surface area contributed by atoms with Gasteiger partial charge in [-0.05, 0) is 30.3 Å². The van der Waals surface area contributed by atoms with Crippen LogP contribution in [0.2, 0.25) is 0 Å². The maximum Gasteiger partial charge on any atom is 0.278 e. The highest BCUT2D eigenvalue weighted by Crippen LogP contribution is 2.37. The van der Waals surface area contributed by atoms with E-state index < -0.39 is 28.8 Å². The van der Waals surface area contributed by atoms with Gasteiger partial charge >= 0.3 is 0 Å². The average molecular weight is 397 g/mol. The molecule has 29 heavy (non-hydrogen) atoms. The first kappa shape index (κ1) is 18.4. The van der Waals surface area contributed by atoms with Gasteiger partial charge in [0.25, 0.3) is 11.6 Å². The van der Waals surface area contributed by atoms with Gasteiger partial charge in [0.1, 0.15) is 11.6 Å². The fraction of sp³-hybridized carbons (Fsp3) is 0.211. The Hall–Kier alpha value is -3.95. The summed E-state index contributed by atoms with van der Waals surface area (Å²) in [6, 6.07) is 10.2. The number of rotatable bonds is 5. The van der Waals surface area contributed by atoms with E-state index in [1.807, 2.05) is 0 Å². The number of benzene rings is 2. The van der Waals surface area contributed by atoms with Gasteiger partial charge in [0.05, 0.1) is 24.8 Å². The molecular formula is C19H15N3O7. The number of nitro benzene ring substituents is 1. The Balaban J connectivity index is 1.66. The molecule has 2 heterocycles. The van der Waals surface area contributed by atoms with Crippen LogP contribution in [0.4, 0.5) is 11.4 Å². The zero-order valence-corrected chi connectivity index (χ0v) is 15.4. The van der Waals surface area contributed by atoms with Crippen molar-refractivity contribution in [3.8, 4) is 11.5 Å². The molecule has 0 radical (unpaired) electrons. The number of imide groups is 1. The van der Waals surface area contributed by atoms with Crippen molar-refractivity contribution in [3.63, 3.8) is 0 Å². The molecule has 148 valence electrons. The molecule has 4 rings (SSSR count). The molecule has 2 aliphatic rings. The number of anilines is 1. The third-order valence-electron chi connectivity index (χ3n) is 4.81. The standard InChI is InChI=1S/C19H15N3O7/c1-27-13-8-3-10(9-14(13)28-2)16-15-17(29-20-16)19(24)21(18(15)23)11-4-6-12(7-5-11)22(25)26/h3-9,15,17H,1-2H3/t15-,17+/m1/s1. The number of non-ortho nitro benzene ring substituents is 1. The van der Waals surface area contributed by atoms with E-state index in [9.17, 15) is 19.7 Å². The quantitative estimate of drug-likeness (QED) is 0.429. The summed E-state index contributed by atoms with van der Waals surface area (Å²) in [7, 11) is 2.99. The molecule has 0 unspecified atom stereocenters. The highest BCUT2D eigenvalue weighted by Gasteiger charge is 2.56. The molecular weight excluding hydrogens is 382 g/mol. The van der Waals surface area contributed by atoms with Crippen molar-refractivity contribution in [1.29, 1.82) is 0 Å². The van der Waals surface area contributed by atoms with Crippen molar-refractivity contribution in [2.75, 3.05) is 19.1 Å². The van der Waals surface area contributed by atoms with E-state index in [2.05, 4.69) is 5.16 Å². The third-order valence-corrected chi connectivity index (χ3v) is 4.81. The minimum Gasteiger partial charge on any atom is -0.493 e. The van der Waals surface area contributed by atoms with E-state index in [1.165, 1.54) is 38.5 Å². The van der Waals surface area contributed by atoms with Crippen LogP contribution in [-0.2, 0) is 14.4 Å². The Labute approximate surface area is 164 Å². The number of nitrogens with zero attached hydrogens (tertiary/aromatic N) is 3. The van der Waals surface area contributed by atoms with Crippen LogP contribution >= 0.6 is 0 Å². The van der Waals surface area contributed by atoms with Crippen molar-refractivity contribution >= 4 is 28.9 Å². The van der Waals surface area contributed by atoms with Gasteiger partial charge in [-0.15, -0.1) is 0 Å². The SMILES string of the molecule is COc1ccc(C2=NO[C@@H]3C(=O)N(c4ccc([N+](=O)[O-])cc4)C(=O)[C@H]23)cc1OC. The molecule has 0 bridgehead atoms. The fourth-order valence-corrected chi connectivity index (χ4v) is 3.39. The number of hydrogen-bond donors (Lipinski definition) is 0. The Morgan fingerprint density at radius 1 is 1.03 bits per heavy atom. The second kappa shape index (κ2) is 6.89. The minimum atomic E-state index is -1.08. The van der Waals surface area contributed by atoms with Gasteiger partial charge in [0.2, 0.25) is 12.0 Å². The molecule has 1 saturated heterocycles. The number of hydrogen-bond acceptors (Lipinski definition) is 8. The van der Waals surface area contributed by atoms with Crippen LogP contribution in [0.15, 0.2) is 47.6 Å². The summed E-state index contributed by atoms with van der Waals surface area (Å²) in [5, 5.41) is 14.8. The van der Waals surface area contributed by atoms with E-state index in [-0.39, 0.29) is 11.4 Å². The number of carbonyl (C=O) groups excluding carboxylic acids is 2. The van der Waals surface area contributed by atoms with Crippen LogP contribution in [0.1, 0.15) is 5.56 Å². The number of methoxy groups -OCH3 is 2. The van der Waals surface area contributed by atoms with Crippen LogP contribution in [0.5, 0.6) is 11.5 Å². The molecule has 2 atom stereocenters. The lowest BCUT2D eigenvalue weighted by atomic mass is 9.94. The average Bonchev–Trinajstić information content (AvgIpc) is 3.27. The number of fused-ring (bicyclic) bond motifs is 1. The number of oxime groups is 1. The Morgan fingerprint density at radius 2 is 1.72 bits per heavy atom. The van der Waals surface area contributed by atoms with Crippen LogP contribution in [-0.4, -0.2) is 42.8 Å². The van der Waals surface area contributed by atoms with Gasteiger partial charge in [0, 0.05) is 17.7 Å². The van der Waals surface area contributed by atoms with Crippen molar-refractivity contribution < 1.29 is 28.8 Å². The first-order chi connectivity index (χ1) is 14.0. The number of nitro groups is 1. The smallest absolute Gasteiger partial charge is 0.278 e. The molecule has 10 heteroatoms. The maximum absolute atomic E-state index is 13.0. The summed E-state index contributed by atoms with van der Waals surface area (Å²) < 4.78 is 10.5. The van der Waals surface area contributed by atoms with Gasteiger partial charge in [-0.2, -0.15) is 0 Å². The Bertz CT molecular complexity index is 1050. The van der Waals surface area contributed by atoms with E-state index >= 15 is 0 Å². The van der Waals surface area contributed by atoms with Crippen molar-refractivity contribution in [2.45, 2.75) is 6.10 Å². The van der Waals surface area contributed by atoms with E-state index in [1.54, 1.807) is 18.2 Å². The molecule has 2 amide bonds. The Morgan fingerprint density at radius 3 is 2.34 bits per heavy atom. The van der Waals surface area contributed by atoms with Gasteiger partial charge in [-0.3, -0.25) is 19.7 Å². The van der Waals surface area contributed by atoms with E-state index in [0.717, 1.165) is 4.90 Å². The number of amides is 2. The zero-order valence-electron chi connectivity index (χ0n) is 15.4. The summed E-state index contributed by atoms with van der Waals surface area (Å²) >= 11 is 0. The largest absolute Gasteiger partial charge is 0.493 e. The lowest BCUT2D eigenvalue weighted by Gasteiger charge is -2.15. The van der Waals surface area contributed by atoms with Gasteiger partial charge in [0.15, 0.2) is 11.5 Å². The second-order valence-electron chi connectivity index (χ2n) is 6.34. The zero-order chi connectivity index (χ0) is 20.7. The van der Waals surface area contributed by atoms with Crippen molar-refractivity contribution in [3.05, 3.63) is 58.1 Å². The third kappa shape index (κ3) is 2.85. The lowest BCUT2D eigenvalue weighted by molar-refractivity contribution is -0.384. The molecule has 0 N–H and O–H groups in total. The predicted molar refractivity (Wildman–Crippen MR) is 100 cm³/mol. The monoisotopic (exact) mass is 397 g/mol. The highest BCUT2D eigenvalue weighted by atomic mass is 16.7. The van der Waals surface area contributed by atoms with Gasteiger partial charge in [-0.1, -0.05) is 5.16 Å². The summed E-state index contributed by atoms with van der Waals surface area (Å²) in [4.78, 5) is 42.3. The van der Waals surface area contributed by atoms with Crippen LogP contribution in [0.25, 0.3) is 0 Å². The van der Waals surface area contributed by atoms with Crippen LogP contribution in [0, 0.1) is 16.0 Å². The fourth-order valence-electron chi connectivity index (χ4n) is 3.39. The molecule has 0 aromatic heterocycles. The molecule has 2 aromatic carbocycles. The summed E-state index contributed by atoms with van der Waals surface area (Å²) in [6.45, 7) is 0. The Kier molecular flexibility index (Phi) is 4.38. The lowest BCUT2D eigenvalue weighted by Crippen LogP contribution is -2.33. The topological polar surface area (TPSA) is 121 Å². The van der Waals surface area contributed by atoms with Crippen molar-refractivity contribution in [2.24, 2.45) is 11.1 Å². The first-order valence-corrected chi connectivity index (χ1v) is 8.54. The number of carbonyl (C=O) groups is 2. The first-order valence-electron chi connectivity index (χ1n) is 8.54. The molecule has 2 aliphatic heterocycles. The van der Waals surface area contributed by atoms with Crippen molar-refractivity contribution in [1.82, 2.24) is 0 Å². The summed E-state index contributed by atoms with van der Waals surface area (Å²) in [5.41, 5.74) is 0.952. The minimum absolute atomic E-state index is 0.142.